The van der Waals surface area contributed by atoms with Crippen LogP contribution in [0.25, 0.3) is 0 Å². The Labute approximate surface area is 83.6 Å². The quantitative estimate of drug-likeness (QED) is 0.754. The fraction of sp³-hybridized carbons (Fsp3) is 0.700. The average molecular weight is 199 g/mol. The molecule has 0 saturated heterocycles. The first kappa shape index (κ1) is 10.7. The van der Waals surface area contributed by atoms with Gasteiger partial charge in [0.15, 0.2) is 0 Å². The molecule has 0 bridgehead atoms. The number of aliphatic hydroxyl groups is 1. The predicted molar refractivity (Wildman–Crippen MR) is 56.1 cm³/mol. The van der Waals surface area contributed by atoms with Crippen LogP contribution < -0.4 is 0 Å². The summed E-state index contributed by atoms with van der Waals surface area (Å²) in [6.45, 7) is 9.93. The van der Waals surface area contributed by atoms with Crippen molar-refractivity contribution in [2.45, 2.75) is 45.6 Å². The number of hydrogen-bond donors (Lipinski definition) is 1. The van der Waals surface area contributed by atoms with Gasteiger partial charge in [0.2, 0.25) is 0 Å². The van der Waals surface area contributed by atoms with Gasteiger partial charge in [0.25, 0.3) is 0 Å². The molecule has 13 heavy (non-hydrogen) atoms. The molecule has 3 heteroatoms. The van der Waals surface area contributed by atoms with Crippen molar-refractivity contribution in [3.05, 3.63) is 16.1 Å². The normalized spacial score (nSPS) is 13.4. The number of thiazole rings is 1. The van der Waals surface area contributed by atoms with Gasteiger partial charge in [-0.25, -0.2) is 4.98 Å². The molecule has 0 aliphatic carbocycles. The van der Waals surface area contributed by atoms with Crippen LogP contribution in [-0.4, -0.2) is 10.1 Å². The van der Waals surface area contributed by atoms with Gasteiger partial charge in [-0.05, 0) is 13.8 Å². The third kappa shape index (κ3) is 2.29. The zero-order chi connectivity index (χ0) is 10.3. The molecule has 1 aromatic rings. The molecule has 1 N–H and O–H groups in total. The van der Waals surface area contributed by atoms with E-state index in [0.717, 1.165) is 10.6 Å². The molecular weight excluding hydrogens is 182 g/mol. The van der Waals surface area contributed by atoms with Gasteiger partial charge in [-0.15, -0.1) is 11.3 Å². The Morgan fingerprint density at radius 3 is 2.08 bits per heavy atom. The maximum atomic E-state index is 9.89. The van der Waals surface area contributed by atoms with Gasteiger partial charge in [0.05, 0.1) is 21.7 Å². The van der Waals surface area contributed by atoms with Crippen molar-refractivity contribution in [1.29, 1.82) is 0 Å². The highest BCUT2D eigenvalue weighted by molar-refractivity contribution is 7.09. The van der Waals surface area contributed by atoms with Crippen LogP contribution in [0.5, 0.6) is 0 Å². The fourth-order valence-electron chi connectivity index (χ4n) is 1.21. The Kier molecular flexibility index (Phi) is 2.52. The zero-order valence-electron chi connectivity index (χ0n) is 8.88. The first-order chi connectivity index (χ1) is 5.73. The molecule has 0 radical (unpaired) electrons. The van der Waals surface area contributed by atoms with Gasteiger partial charge in [-0.1, -0.05) is 20.8 Å². The summed E-state index contributed by atoms with van der Waals surface area (Å²) in [6.07, 6.45) is 0. The topological polar surface area (TPSA) is 33.1 Å². The van der Waals surface area contributed by atoms with Gasteiger partial charge in [0, 0.05) is 5.41 Å². The van der Waals surface area contributed by atoms with Gasteiger partial charge in [0.1, 0.15) is 0 Å². The third-order valence-electron chi connectivity index (χ3n) is 1.83. The molecule has 0 fully saturated rings. The molecule has 0 atom stereocenters. The molecule has 0 amide bonds. The van der Waals surface area contributed by atoms with Gasteiger partial charge >= 0.3 is 0 Å². The molecule has 0 unspecified atom stereocenters. The Hall–Kier alpha value is -0.410. The lowest BCUT2D eigenvalue weighted by molar-refractivity contribution is 0.0803. The summed E-state index contributed by atoms with van der Waals surface area (Å²) < 4.78 is 0. The van der Waals surface area contributed by atoms with Crippen molar-refractivity contribution in [1.82, 2.24) is 4.98 Å². The molecule has 0 saturated carbocycles. The summed E-state index contributed by atoms with van der Waals surface area (Å²) in [6, 6.07) is 0. The minimum Gasteiger partial charge on any atom is -0.385 e. The monoisotopic (exact) mass is 199 g/mol. The van der Waals surface area contributed by atoms with E-state index in [1.54, 1.807) is 19.4 Å². The number of aromatic nitrogens is 1. The summed E-state index contributed by atoms with van der Waals surface area (Å²) in [7, 11) is 0. The van der Waals surface area contributed by atoms with E-state index in [9.17, 15) is 5.11 Å². The summed E-state index contributed by atoms with van der Waals surface area (Å²) in [5.74, 6) is 0. The molecule has 1 rings (SSSR count). The van der Waals surface area contributed by atoms with Gasteiger partial charge in [-0.2, -0.15) is 0 Å². The summed E-state index contributed by atoms with van der Waals surface area (Å²) in [4.78, 5) is 5.28. The Balaban J connectivity index is 3.19. The molecule has 0 spiro atoms. The van der Waals surface area contributed by atoms with E-state index in [2.05, 4.69) is 25.8 Å². The van der Waals surface area contributed by atoms with Crippen LogP contribution in [0.1, 0.15) is 45.2 Å². The second kappa shape index (κ2) is 3.07. The van der Waals surface area contributed by atoms with Crippen LogP contribution in [-0.2, 0) is 11.0 Å². The highest BCUT2D eigenvalue weighted by Gasteiger charge is 2.28. The van der Waals surface area contributed by atoms with Crippen molar-refractivity contribution in [2.75, 3.05) is 0 Å². The van der Waals surface area contributed by atoms with E-state index in [0.29, 0.717) is 0 Å². The third-order valence-corrected chi connectivity index (χ3v) is 2.97. The molecule has 1 heterocycles. The van der Waals surface area contributed by atoms with Crippen LogP contribution in [0.2, 0.25) is 0 Å². The SMILES string of the molecule is CC(C)(C)c1ncsc1C(C)(C)O. The lowest BCUT2D eigenvalue weighted by atomic mass is 9.88. The van der Waals surface area contributed by atoms with E-state index >= 15 is 0 Å². The zero-order valence-corrected chi connectivity index (χ0v) is 9.70. The van der Waals surface area contributed by atoms with Crippen molar-refractivity contribution < 1.29 is 5.11 Å². The molecule has 0 aromatic carbocycles. The summed E-state index contributed by atoms with van der Waals surface area (Å²) in [5.41, 5.74) is 2.04. The minimum atomic E-state index is -0.774. The Morgan fingerprint density at radius 1 is 1.23 bits per heavy atom. The van der Waals surface area contributed by atoms with Gasteiger partial charge in [-0.3, -0.25) is 0 Å². The van der Waals surface area contributed by atoms with Crippen molar-refractivity contribution >= 4 is 11.3 Å². The van der Waals surface area contributed by atoms with E-state index < -0.39 is 5.60 Å². The van der Waals surface area contributed by atoms with Crippen LogP contribution in [0.15, 0.2) is 5.51 Å². The first-order valence-corrected chi connectivity index (χ1v) is 5.27. The van der Waals surface area contributed by atoms with E-state index in [1.165, 1.54) is 11.3 Å². The Bertz CT molecular complexity index is 262. The second-order valence-electron chi connectivity index (χ2n) is 4.84. The van der Waals surface area contributed by atoms with Crippen LogP contribution in [0.4, 0.5) is 0 Å². The average Bonchev–Trinajstić information content (AvgIpc) is 2.27. The smallest absolute Gasteiger partial charge is 0.0951 e. The fourth-order valence-corrected chi connectivity index (χ4v) is 2.24. The van der Waals surface area contributed by atoms with Crippen molar-refractivity contribution in [3.8, 4) is 0 Å². The molecule has 1 aromatic heterocycles. The van der Waals surface area contributed by atoms with Crippen LogP contribution >= 0.6 is 11.3 Å². The van der Waals surface area contributed by atoms with E-state index in [-0.39, 0.29) is 5.41 Å². The van der Waals surface area contributed by atoms with E-state index in [1.807, 2.05) is 0 Å². The summed E-state index contributed by atoms with van der Waals surface area (Å²) >= 11 is 1.52. The lowest BCUT2D eigenvalue weighted by Gasteiger charge is -2.23. The number of nitrogens with zero attached hydrogens (tertiary/aromatic N) is 1. The largest absolute Gasteiger partial charge is 0.385 e. The van der Waals surface area contributed by atoms with Crippen molar-refractivity contribution in [2.24, 2.45) is 0 Å². The molecule has 74 valence electrons. The summed E-state index contributed by atoms with van der Waals surface area (Å²) in [5, 5.41) is 9.89. The standard InChI is InChI=1S/C10H17NOS/c1-9(2,3)7-8(10(4,5)12)13-6-11-7/h6,12H,1-5H3. The van der Waals surface area contributed by atoms with Gasteiger partial charge < -0.3 is 5.11 Å². The van der Waals surface area contributed by atoms with E-state index in [4.69, 9.17) is 0 Å². The highest BCUT2D eigenvalue weighted by atomic mass is 32.1. The van der Waals surface area contributed by atoms with Crippen LogP contribution in [0.3, 0.4) is 0 Å². The molecule has 2 nitrogen and oxygen atoms in total. The minimum absolute atomic E-state index is 0.00926. The highest BCUT2D eigenvalue weighted by Crippen LogP contribution is 2.34. The predicted octanol–water partition coefficient (Wildman–Crippen LogP) is 2.67. The maximum Gasteiger partial charge on any atom is 0.0951 e. The molecule has 0 aliphatic heterocycles. The number of hydrogen-bond acceptors (Lipinski definition) is 3. The Morgan fingerprint density at radius 2 is 1.77 bits per heavy atom. The van der Waals surface area contributed by atoms with Crippen molar-refractivity contribution in [3.63, 3.8) is 0 Å². The molecular formula is C10H17NOS. The lowest BCUT2D eigenvalue weighted by Crippen LogP contribution is -2.22. The van der Waals surface area contributed by atoms with Crippen LogP contribution in [0, 0.1) is 0 Å². The molecule has 0 aliphatic rings. The first-order valence-electron chi connectivity index (χ1n) is 4.40. The second-order valence-corrected chi connectivity index (χ2v) is 5.69. The number of rotatable bonds is 1. The maximum absolute atomic E-state index is 9.89.